The van der Waals surface area contributed by atoms with E-state index in [1.807, 2.05) is 0 Å². The van der Waals surface area contributed by atoms with Crippen LogP contribution < -0.4 is 16.0 Å². The monoisotopic (exact) mass is 333 g/mol. The molecule has 0 spiro atoms. The molecule has 0 unspecified atom stereocenters. The molecule has 1 aromatic carbocycles. The van der Waals surface area contributed by atoms with Gasteiger partial charge in [-0.15, -0.1) is 0 Å². The highest BCUT2D eigenvalue weighted by atomic mass is 16.2. The van der Waals surface area contributed by atoms with Gasteiger partial charge in [0.2, 0.25) is 11.8 Å². The van der Waals surface area contributed by atoms with Crippen LogP contribution in [0.1, 0.15) is 57.2 Å². The number of hydrogen-bond acceptors (Lipinski definition) is 3. The molecule has 3 N–H and O–H groups in total. The van der Waals surface area contributed by atoms with E-state index in [1.54, 1.807) is 7.05 Å². The van der Waals surface area contributed by atoms with Crippen LogP contribution in [-0.2, 0) is 9.59 Å². The third-order valence-electron chi connectivity index (χ3n) is 4.35. The molecule has 0 aromatic heterocycles. The van der Waals surface area contributed by atoms with Crippen molar-refractivity contribution in [2.45, 2.75) is 46.1 Å². The maximum absolute atomic E-state index is 11.9. The van der Waals surface area contributed by atoms with E-state index in [2.05, 4.69) is 67.9 Å². The Morgan fingerprint density at radius 3 is 2.04 bits per heavy atom. The van der Waals surface area contributed by atoms with Crippen molar-refractivity contribution in [2.24, 2.45) is 5.92 Å². The van der Waals surface area contributed by atoms with Gasteiger partial charge >= 0.3 is 0 Å². The van der Waals surface area contributed by atoms with Crippen LogP contribution in [0, 0.1) is 5.92 Å². The average Bonchev–Trinajstić information content (AvgIpc) is 2.59. The SMILES string of the molecule is CC[C@H](C)c1ccc([C@@H](NCC(=O)NCC(=O)NC)C(C)C)cc1. The Hall–Kier alpha value is -1.88. The summed E-state index contributed by atoms with van der Waals surface area (Å²) in [6.45, 7) is 8.86. The Balaban J connectivity index is 2.64. The Kier molecular flexibility index (Phi) is 8.47. The maximum atomic E-state index is 11.9. The Morgan fingerprint density at radius 2 is 1.54 bits per heavy atom. The molecule has 1 rings (SSSR count). The van der Waals surface area contributed by atoms with Crippen molar-refractivity contribution < 1.29 is 9.59 Å². The summed E-state index contributed by atoms with van der Waals surface area (Å²) in [5.41, 5.74) is 2.52. The molecule has 5 nitrogen and oxygen atoms in total. The van der Waals surface area contributed by atoms with Crippen molar-refractivity contribution >= 4 is 11.8 Å². The normalized spacial score (nSPS) is 13.4. The minimum absolute atomic E-state index is 0.00691. The van der Waals surface area contributed by atoms with Gasteiger partial charge in [-0.1, -0.05) is 52.0 Å². The summed E-state index contributed by atoms with van der Waals surface area (Å²) < 4.78 is 0. The number of carbonyl (C=O) groups is 2. The number of rotatable bonds is 9. The molecule has 2 amide bonds. The Bertz CT molecular complexity index is 526. The van der Waals surface area contributed by atoms with Crippen molar-refractivity contribution in [1.29, 1.82) is 0 Å². The highest BCUT2D eigenvalue weighted by molar-refractivity contribution is 5.85. The van der Waals surface area contributed by atoms with Gasteiger partial charge in [0.15, 0.2) is 0 Å². The van der Waals surface area contributed by atoms with Gasteiger partial charge in [-0.2, -0.15) is 0 Å². The number of amides is 2. The molecule has 0 fully saturated rings. The lowest BCUT2D eigenvalue weighted by atomic mass is 9.92. The summed E-state index contributed by atoms with van der Waals surface area (Å²) >= 11 is 0. The molecular formula is C19H31N3O2. The first-order chi connectivity index (χ1) is 11.4. The second kappa shape index (κ2) is 10.1. The van der Waals surface area contributed by atoms with E-state index in [0.29, 0.717) is 11.8 Å². The van der Waals surface area contributed by atoms with Gasteiger partial charge in [0.1, 0.15) is 0 Å². The summed E-state index contributed by atoms with van der Waals surface area (Å²) in [7, 11) is 1.55. The fourth-order valence-corrected chi connectivity index (χ4v) is 2.54. The molecule has 0 saturated carbocycles. The zero-order chi connectivity index (χ0) is 18.1. The van der Waals surface area contributed by atoms with Gasteiger partial charge in [-0.05, 0) is 29.4 Å². The zero-order valence-corrected chi connectivity index (χ0v) is 15.5. The topological polar surface area (TPSA) is 70.2 Å². The van der Waals surface area contributed by atoms with Gasteiger partial charge in [0.25, 0.3) is 0 Å². The van der Waals surface area contributed by atoms with E-state index in [9.17, 15) is 9.59 Å². The van der Waals surface area contributed by atoms with E-state index in [-0.39, 0.29) is 30.9 Å². The molecule has 2 atom stereocenters. The van der Waals surface area contributed by atoms with E-state index >= 15 is 0 Å². The molecule has 24 heavy (non-hydrogen) atoms. The van der Waals surface area contributed by atoms with Gasteiger partial charge in [-0.3, -0.25) is 9.59 Å². The highest BCUT2D eigenvalue weighted by Gasteiger charge is 2.17. The fraction of sp³-hybridized carbons (Fsp3) is 0.579. The number of nitrogens with one attached hydrogen (secondary N) is 3. The fourth-order valence-electron chi connectivity index (χ4n) is 2.54. The van der Waals surface area contributed by atoms with Crippen molar-refractivity contribution in [2.75, 3.05) is 20.1 Å². The third kappa shape index (κ3) is 6.32. The van der Waals surface area contributed by atoms with E-state index < -0.39 is 0 Å². The number of benzene rings is 1. The molecule has 0 bridgehead atoms. The van der Waals surface area contributed by atoms with Crippen molar-refractivity contribution in [1.82, 2.24) is 16.0 Å². The first-order valence-corrected chi connectivity index (χ1v) is 8.69. The highest BCUT2D eigenvalue weighted by Crippen LogP contribution is 2.25. The summed E-state index contributed by atoms with van der Waals surface area (Å²) in [6, 6.07) is 8.73. The summed E-state index contributed by atoms with van der Waals surface area (Å²) in [5.74, 6) is 0.524. The lowest BCUT2D eigenvalue weighted by molar-refractivity contribution is -0.125. The average molecular weight is 333 g/mol. The van der Waals surface area contributed by atoms with Crippen molar-refractivity contribution in [3.05, 3.63) is 35.4 Å². The predicted octanol–water partition coefficient (Wildman–Crippen LogP) is 2.35. The minimum Gasteiger partial charge on any atom is -0.358 e. The number of likely N-dealkylation sites (N-methyl/N-ethyl adjacent to an activating group) is 1. The van der Waals surface area contributed by atoms with Gasteiger partial charge in [0, 0.05) is 13.1 Å². The van der Waals surface area contributed by atoms with Gasteiger partial charge in [-0.25, -0.2) is 0 Å². The van der Waals surface area contributed by atoms with Gasteiger partial charge in [0.05, 0.1) is 13.1 Å². The molecular weight excluding hydrogens is 302 g/mol. The van der Waals surface area contributed by atoms with Crippen molar-refractivity contribution in [3.63, 3.8) is 0 Å². The first-order valence-electron chi connectivity index (χ1n) is 8.69. The lowest BCUT2D eigenvalue weighted by Gasteiger charge is -2.23. The van der Waals surface area contributed by atoms with Crippen LogP contribution in [0.15, 0.2) is 24.3 Å². The standard InChI is InChI=1S/C19H31N3O2/c1-6-14(4)15-7-9-16(10-8-15)19(13(2)3)22-12-18(24)21-11-17(23)20-5/h7-10,13-14,19,22H,6,11-12H2,1-5H3,(H,20,23)(H,21,24)/t14-,19-/m0/s1. The quantitative estimate of drug-likeness (QED) is 0.650. The Labute approximate surface area is 145 Å². The lowest BCUT2D eigenvalue weighted by Crippen LogP contribution is -2.41. The van der Waals surface area contributed by atoms with Crippen LogP contribution in [0.5, 0.6) is 0 Å². The molecule has 134 valence electrons. The van der Waals surface area contributed by atoms with E-state index in [1.165, 1.54) is 11.1 Å². The second-order valence-electron chi connectivity index (χ2n) is 6.53. The molecule has 0 saturated heterocycles. The predicted molar refractivity (Wildman–Crippen MR) is 97.8 cm³/mol. The summed E-state index contributed by atoms with van der Waals surface area (Å²) in [4.78, 5) is 23.0. The van der Waals surface area contributed by atoms with Crippen LogP contribution in [0.25, 0.3) is 0 Å². The molecule has 0 aliphatic heterocycles. The maximum Gasteiger partial charge on any atom is 0.239 e. The molecule has 0 aliphatic rings. The van der Waals surface area contributed by atoms with E-state index in [4.69, 9.17) is 0 Å². The minimum atomic E-state index is -0.204. The summed E-state index contributed by atoms with van der Waals surface area (Å²) in [6.07, 6.45) is 1.12. The third-order valence-corrected chi connectivity index (χ3v) is 4.35. The first kappa shape index (κ1) is 20.2. The van der Waals surface area contributed by atoms with Crippen LogP contribution in [0.2, 0.25) is 0 Å². The largest absolute Gasteiger partial charge is 0.358 e. The summed E-state index contributed by atoms with van der Waals surface area (Å²) in [5, 5.41) is 8.37. The number of hydrogen-bond donors (Lipinski definition) is 3. The molecule has 0 aliphatic carbocycles. The van der Waals surface area contributed by atoms with E-state index in [0.717, 1.165) is 6.42 Å². The van der Waals surface area contributed by atoms with Crippen LogP contribution >= 0.6 is 0 Å². The molecule has 0 heterocycles. The molecule has 5 heteroatoms. The van der Waals surface area contributed by atoms with Crippen LogP contribution in [0.3, 0.4) is 0 Å². The van der Waals surface area contributed by atoms with Crippen LogP contribution in [0.4, 0.5) is 0 Å². The van der Waals surface area contributed by atoms with Gasteiger partial charge < -0.3 is 16.0 Å². The zero-order valence-electron chi connectivity index (χ0n) is 15.5. The van der Waals surface area contributed by atoms with Crippen molar-refractivity contribution in [3.8, 4) is 0 Å². The Morgan fingerprint density at radius 1 is 0.958 bits per heavy atom. The molecule has 0 radical (unpaired) electrons. The molecule has 1 aromatic rings. The number of carbonyl (C=O) groups excluding carboxylic acids is 2. The van der Waals surface area contributed by atoms with Crippen LogP contribution in [-0.4, -0.2) is 32.0 Å². The smallest absolute Gasteiger partial charge is 0.239 e. The second-order valence-corrected chi connectivity index (χ2v) is 6.53.